The van der Waals surface area contributed by atoms with Crippen molar-refractivity contribution in [3.63, 3.8) is 0 Å². The summed E-state index contributed by atoms with van der Waals surface area (Å²) < 4.78 is 5.40. The Balaban J connectivity index is 1.59. The van der Waals surface area contributed by atoms with Gasteiger partial charge in [0.25, 0.3) is 11.8 Å². The van der Waals surface area contributed by atoms with Crippen LogP contribution in [0.25, 0.3) is 6.08 Å². The van der Waals surface area contributed by atoms with Gasteiger partial charge in [-0.25, -0.2) is 0 Å². The predicted molar refractivity (Wildman–Crippen MR) is 123 cm³/mol. The minimum Gasteiger partial charge on any atom is -0.378 e. The molecule has 2 amide bonds. The number of hydrogen-bond acceptors (Lipinski definition) is 5. The number of ether oxygens (including phenoxy) is 1. The van der Waals surface area contributed by atoms with Crippen molar-refractivity contribution < 1.29 is 14.3 Å². The number of imide groups is 1. The first-order chi connectivity index (χ1) is 15.6. The maximum absolute atomic E-state index is 13.2. The van der Waals surface area contributed by atoms with E-state index in [9.17, 15) is 14.9 Å². The van der Waals surface area contributed by atoms with Crippen molar-refractivity contribution in [2.24, 2.45) is 0 Å². The van der Waals surface area contributed by atoms with Crippen LogP contribution in [0.4, 0.5) is 5.69 Å². The third kappa shape index (κ3) is 4.48. The van der Waals surface area contributed by atoms with Crippen molar-refractivity contribution in [3.05, 3.63) is 82.4 Å². The largest absolute Gasteiger partial charge is 0.378 e. The Morgan fingerprint density at radius 3 is 2.34 bits per heavy atom. The SMILES string of the molecule is CC1=C(C#N)C(=O)N(CCc2ccccc2)C(=O)/C1=C\c1ccc(N2CCOCC2)cc1. The van der Waals surface area contributed by atoms with Crippen LogP contribution in [0.1, 0.15) is 18.1 Å². The number of nitriles is 1. The van der Waals surface area contributed by atoms with Gasteiger partial charge in [0.15, 0.2) is 0 Å². The zero-order valence-corrected chi connectivity index (χ0v) is 18.1. The van der Waals surface area contributed by atoms with E-state index in [4.69, 9.17) is 4.74 Å². The zero-order chi connectivity index (χ0) is 22.5. The summed E-state index contributed by atoms with van der Waals surface area (Å²) in [6.07, 6.45) is 2.30. The van der Waals surface area contributed by atoms with Crippen LogP contribution in [0.3, 0.4) is 0 Å². The summed E-state index contributed by atoms with van der Waals surface area (Å²) in [5.74, 6) is -0.884. The molecule has 4 rings (SSSR count). The summed E-state index contributed by atoms with van der Waals surface area (Å²) in [6, 6.07) is 19.6. The molecule has 32 heavy (non-hydrogen) atoms. The van der Waals surface area contributed by atoms with Gasteiger partial charge in [0.05, 0.1) is 13.2 Å². The molecule has 162 valence electrons. The van der Waals surface area contributed by atoms with Crippen LogP contribution >= 0.6 is 0 Å². The van der Waals surface area contributed by atoms with Crippen LogP contribution in [0.2, 0.25) is 0 Å². The molecule has 0 aromatic heterocycles. The highest BCUT2D eigenvalue weighted by atomic mass is 16.5. The van der Waals surface area contributed by atoms with Gasteiger partial charge in [-0.05, 0) is 48.3 Å². The second-order valence-corrected chi connectivity index (χ2v) is 7.86. The molecule has 0 unspecified atom stereocenters. The Labute approximate surface area is 188 Å². The van der Waals surface area contributed by atoms with Crippen molar-refractivity contribution in [1.29, 1.82) is 5.26 Å². The van der Waals surface area contributed by atoms with Crippen LogP contribution in [0.15, 0.2) is 71.3 Å². The number of nitrogens with zero attached hydrogens (tertiary/aromatic N) is 3. The molecule has 0 aliphatic carbocycles. The van der Waals surface area contributed by atoms with Crippen LogP contribution in [-0.4, -0.2) is 49.6 Å². The van der Waals surface area contributed by atoms with Gasteiger partial charge in [-0.2, -0.15) is 5.26 Å². The summed E-state index contributed by atoms with van der Waals surface area (Å²) >= 11 is 0. The number of hydrogen-bond donors (Lipinski definition) is 0. The van der Waals surface area contributed by atoms with Gasteiger partial charge in [-0.1, -0.05) is 42.5 Å². The normalized spacial score (nSPS) is 18.3. The Morgan fingerprint density at radius 1 is 1.00 bits per heavy atom. The van der Waals surface area contributed by atoms with E-state index in [0.29, 0.717) is 30.8 Å². The lowest BCUT2D eigenvalue weighted by Gasteiger charge is -2.29. The molecule has 0 atom stereocenters. The molecule has 0 bridgehead atoms. The molecular weight excluding hydrogens is 402 g/mol. The molecule has 0 radical (unpaired) electrons. The third-order valence-corrected chi connectivity index (χ3v) is 5.87. The minimum atomic E-state index is -0.522. The molecule has 2 aromatic rings. The lowest BCUT2D eigenvalue weighted by Crippen LogP contribution is -2.43. The molecule has 0 saturated carbocycles. The highest BCUT2D eigenvalue weighted by Gasteiger charge is 2.35. The Hall–Kier alpha value is -3.69. The van der Waals surface area contributed by atoms with Crippen molar-refractivity contribution in [2.75, 3.05) is 37.7 Å². The minimum absolute atomic E-state index is 0.0221. The lowest BCUT2D eigenvalue weighted by molar-refractivity contribution is -0.140. The van der Waals surface area contributed by atoms with E-state index in [2.05, 4.69) is 4.90 Å². The topological polar surface area (TPSA) is 73.6 Å². The van der Waals surface area contributed by atoms with Crippen molar-refractivity contribution in [1.82, 2.24) is 4.90 Å². The van der Waals surface area contributed by atoms with Gasteiger partial charge in [0, 0.05) is 30.9 Å². The van der Waals surface area contributed by atoms with Gasteiger partial charge < -0.3 is 9.64 Å². The van der Waals surface area contributed by atoms with E-state index >= 15 is 0 Å². The van der Waals surface area contributed by atoms with Gasteiger partial charge in [0.2, 0.25) is 0 Å². The van der Waals surface area contributed by atoms with Crippen LogP contribution in [-0.2, 0) is 20.7 Å². The number of carbonyl (C=O) groups is 2. The molecule has 0 spiro atoms. The first-order valence-electron chi connectivity index (χ1n) is 10.7. The van der Waals surface area contributed by atoms with Crippen molar-refractivity contribution in [2.45, 2.75) is 13.3 Å². The number of benzene rings is 2. The van der Waals surface area contributed by atoms with E-state index < -0.39 is 5.91 Å². The monoisotopic (exact) mass is 427 g/mol. The van der Waals surface area contributed by atoms with Crippen LogP contribution < -0.4 is 4.90 Å². The van der Waals surface area contributed by atoms with Gasteiger partial charge >= 0.3 is 0 Å². The lowest BCUT2D eigenvalue weighted by atomic mass is 9.93. The second-order valence-electron chi connectivity index (χ2n) is 7.86. The molecular formula is C26H25N3O3. The van der Waals surface area contributed by atoms with E-state index in [0.717, 1.165) is 29.9 Å². The maximum Gasteiger partial charge on any atom is 0.271 e. The Bertz CT molecular complexity index is 1110. The predicted octanol–water partition coefficient (Wildman–Crippen LogP) is 3.36. The fourth-order valence-corrected chi connectivity index (χ4v) is 3.99. The number of morpholine rings is 1. The quantitative estimate of drug-likeness (QED) is 0.540. The number of rotatable bonds is 5. The fraction of sp³-hybridized carbons (Fsp3) is 0.269. The summed E-state index contributed by atoms with van der Waals surface area (Å²) in [5, 5.41) is 9.58. The average molecular weight is 428 g/mol. The van der Waals surface area contributed by atoms with Crippen LogP contribution in [0.5, 0.6) is 0 Å². The first kappa shape index (κ1) is 21.5. The molecule has 2 aromatic carbocycles. The van der Waals surface area contributed by atoms with Crippen molar-refractivity contribution in [3.8, 4) is 6.07 Å². The smallest absolute Gasteiger partial charge is 0.271 e. The highest BCUT2D eigenvalue weighted by molar-refractivity contribution is 6.19. The zero-order valence-electron chi connectivity index (χ0n) is 18.1. The molecule has 2 aliphatic heterocycles. The molecule has 2 heterocycles. The summed E-state index contributed by atoms with van der Waals surface area (Å²) in [7, 11) is 0. The highest BCUT2D eigenvalue weighted by Crippen LogP contribution is 2.28. The second kappa shape index (κ2) is 9.63. The van der Waals surface area contributed by atoms with E-state index in [1.807, 2.05) is 60.7 Å². The van der Waals surface area contributed by atoms with Crippen LogP contribution in [0, 0.1) is 11.3 Å². The summed E-state index contributed by atoms with van der Waals surface area (Å²) in [5.41, 5.74) is 3.81. The first-order valence-corrected chi connectivity index (χ1v) is 10.7. The summed E-state index contributed by atoms with van der Waals surface area (Å²) in [6.45, 7) is 5.03. The molecule has 6 nitrogen and oxygen atoms in total. The number of anilines is 1. The fourth-order valence-electron chi connectivity index (χ4n) is 3.99. The standard InChI is InChI=1S/C26H25N3O3/c1-19-23(17-21-7-9-22(10-8-21)28-13-15-32-16-14-28)25(30)29(26(31)24(19)18-27)12-11-20-5-3-2-4-6-20/h2-10,17H,11-16H2,1H3/b23-17-. The maximum atomic E-state index is 13.2. The Morgan fingerprint density at radius 2 is 1.69 bits per heavy atom. The molecule has 1 saturated heterocycles. The third-order valence-electron chi connectivity index (χ3n) is 5.87. The summed E-state index contributed by atoms with van der Waals surface area (Å²) in [4.78, 5) is 29.5. The molecule has 6 heteroatoms. The molecule has 1 fully saturated rings. The number of carbonyl (C=O) groups excluding carboxylic acids is 2. The average Bonchev–Trinajstić information content (AvgIpc) is 2.84. The van der Waals surface area contributed by atoms with Gasteiger partial charge in [-0.3, -0.25) is 14.5 Å². The van der Waals surface area contributed by atoms with E-state index in [-0.39, 0.29) is 18.0 Å². The number of amides is 2. The molecule has 0 N–H and O–H groups in total. The van der Waals surface area contributed by atoms with Gasteiger partial charge in [-0.15, -0.1) is 0 Å². The molecule has 2 aliphatic rings. The van der Waals surface area contributed by atoms with Gasteiger partial charge in [0.1, 0.15) is 11.6 Å². The van der Waals surface area contributed by atoms with E-state index in [1.165, 1.54) is 4.90 Å². The van der Waals surface area contributed by atoms with E-state index in [1.54, 1.807) is 13.0 Å². The Kier molecular flexibility index (Phi) is 6.48. The van der Waals surface area contributed by atoms with Crippen molar-refractivity contribution >= 4 is 23.6 Å².